The van der Waals surface area contributed by atoms with Gasteiger partial charge < -0.3 is 11.1 Å². The summed E-state index contributed by atoms with van der Waals surface area (Å²) in [7, 11) is 0. The van der Waals surface area contributed by atoms with Gasteiger partial charge in [0, 0.05) is 12.1 Å². The molecule has 104 valence electrons. The van der Waals surface area contributed by atoms with Crippen LogP contribution in [0.25, 0.3) is 0 Å². The molecule has 1 unspecified atom stereocenters. The molecular formula is C16H24N2O. The van der Waals surface area contributed by atoms with Crippen LogP contribution in [-0.2, 0) is 6.42 Å². The first-order valence-corrected chi connectivity index (χ1v) is 7.20. The molecule has 3 N–H and O–H groups in total. The minimum Gasteiger partial charge on any atom is -0.345 e. The highest BCUT2D eigenvalue weighted by Crippen LogP contribution is 2.39. The second-order valence-electron chi connectivity index (χ2n) is 5.80. The molecule has 1 aliphatic rings. The summed E-state index contributed by atoms with van der Waals surface area (Å²) in [6.07, 6.45) is 4.52. The molecule has 1 saturated carbocycles. The molecule has 0 radical (unpaired) electrons. The summed E-state index contributed by atoms with van der Waals surface area (Å²) in [5, 5.41) is 3.11. The Morgan fingerprint density at radius 2 is 2.00 bits per heavy atom. The topological polar surface area (TPSA) is 55.1 Å². The third-order valence-corrected chi connectivity index (χ3v) is 4.06. The van der Waals surface area contributed by atoms with E-state index < -0.39 is 0 Å². The van der Waals surface area contributed by atoms with Gasteiger partial charge in [-0.1, -0.05) is 25.5 Å². The third-order valence-electron chi connectivity index (χ3n) is 4.06. The molecule has 2 rings (SSSR count). The van der Waals surface area contributed by atoms with Gasteiger partial charge >= 0.3 is 0 Å². The lowest BCUT2D eigenvalue weighted by atomic mass is 9.95. The number of nitrogens with two attached hydrogens (primary N) is 1. The number of hydrogen-bond donors (Lipinski definition) is 2. The molecule has 1 aliphatic carbocycles. The van der Waals surface area contributed by atoms with Crippen LogP contribution in [0.1, 0.15) is 49.0 Å². The Labute approximate surface area is 115 Å². The summed E-state index contributed by atoms with van der Waals surface area (Å²) in [5.74, 6) is 0.531. The van der Waals surface area contributed by atoms with Crippen molar-refractivity contribution in [2.24, 2.45) is 11.7 Å². The van der Waals surface area contributed by atoms with Crippen LogP contribution in [0.3, 0.4) is 0 Å². The van der Waals surface area contributed by atoms with E-state index in [1.54, 1.807) is 0 Å². The van der Waals surface area contributed by atoms with E-state index in [9.17, 15) is 4.79 Å². The standard InChI is InChI=1S/C16H24N2O/c1-3-4-12-5-7-13(8-6-12)15(19)18-16(2,11-17)14-9-10-14/h5-8,14H,3-4,9-11,17H2,1-2H3,(H,18,19). The van der Waals surface area contributed by atoms with Crippen LogP contribution in [0.4, 0.5) is 0 Å². The average Bonchev–Trinajstić information content (AvgIpc) is 3.24. The second kappa shape index (κ2) is 5.74. The van der Waals surface area contributed by atoms with E-state index in [1.807, 2.05) is 31.2 Å². The minimum absolute atomic E-state index is 0.0112. The van der Waals surface area contributed by atoms with Crippen molar-refractivity contribution in [2.45, 2.75) is 45.1 Å². The summed E-state index contributed by atoms with van der Waals surface area (Å²) in [6.45, 7) is 4.70. The lowest BCUT2D eigenvalue weighted by Crippen LogP contribution is -2.53. The van der Waals surface area contributed by atoms with Crippen molar-refractivity contribution >= 4 is 5.91 Å². The van der Waals surface area contributed by atoms with Crippen molar-refractivity contribution in [3.8, 4) is 0 Å². The molecule has 3 nitrogen and oxygen atoms in total. The summed E-state index contributed by atoms with van der Waals surface area (Å²) in [6, 6.07) is 7.89. The Balaban J connectivity index is 2.02. The average molecular weight is 260 g/mol. The zero-order valence-electron chi connectivity index (χ0n) is 11.9. The quantitative estimate of drug-likeness (QED) is 0.825. The van der Waals surface area contributed by atoms with Crippen molar-refractivity contribution < 1.29 is 4.79 Å². The normalized spacial score (nSPS) is 17.8. The molecule has 0 spiro atoms. The molecular weight excluding hydrogens is 236 g/mol. The minimum atomic E-state index is -0.251. The van der Waals surface area contributed by atoms with Gasteiger partial charge in [0.05, 0.1) is 5.54 Å². The number of amides is 1. The number of aryl methyl sites for hydroxylation is 1. The van der Waals surface area contributed by atoms with E-state index in [0.717, 1.165) is 18.4 Å². The van der Waals surface area contributed by atoms with Crippen LogP contribution in [0.15, 0.2) is 24.3 Å². The molecule has 1 aromatic rings. The largest absolute Gasteiger partial charge is 0.345 e. The fraction of sp³-hybridized carbons (Fsp3) is 0.562. The van der Waals surface area contributed by atoms with Gasteiger partial charge in [-0.2, -0.15) is 0 Å². The summed E-state index contributed by atoms with van der Waals surface area (Å²) < 4.78 is 0. The lowest BCUT2D eigenvalue weighted by Gasteiger charge is -2.29. The maximum atomic E-state index is 12.3. The Morgan fingerprint density at radius 1 is 1.37 bits per heavy atom. The van der Waals surface area contributed by atoms with Crippen molar-refractivity contribution in [3.63, 3.8) is 0 Å². The van der Waals surface area contributed by atoms with Gasteiger partial charge in [-0.05, 0) is 49.8 Å². The van der Waals surface area contributed by atoms with Gasteiger partial charge in [-0.15, -0.1) is 0 Å². The van der Waals surface area contributed by atoms with Gasteiger partial charge in [0.15, 0.2) is 0 Å². The Hall–Kier alpha value is -1.35. The molecule has 1 atom stereocenters. The summed E-state index contributed by atoms with van der Waals surface area (Å²) in [4.78, 5) is 12.3. The van der Waals surface area contributed by atoms with Crippen LogP contribution in [0.5, 0.6) is 0 Å². The fourth-order valence-electron chi connectivity index (χ4n) is 2.48. The van der Waals surface area contributed by atoms with Crippen molar-refractivity contribution in [2.75, 3.05) is 6.54 Å². The second-order valence-corrected chi connectivity index (χ2v) is 5.80. The zero-order valence-corrected chi connectivity index (χ0v) is 11.9. The van der Waals surface area contributed by atoms with Gasteiger partial charge in [0.1, 0.15) is 0 Å². The first-order valence-electron chi connectivity index (χ1n) is 7.20. The highest BCUT2D eigenvalue weighted by Gasteiger charge is 2.41. The lowest BCUT2D eigenvalue weighted by molar-refractivity contribution is 0.0898. The molecule has 1 fully saturated rings. The number of rotatable bonds is 6. The van der Waals surface area contributed by atoms with E-state index in [0.29, 0.717) is 12.5 Å². The first-order chi connectivity index (χ1) is 9.09. The third kappa shape index (κ3) is 3.35. The molecule has 19 heavy (non-hydrogen) atoms. The van der Waals surface area contributed by atoms with Gasteiger partial charge in [-0.3, -0.25) is 4.79 Å². The number of carbonyl (C=O) groups excluding carboxylic acids is 1. The van der Waals surface area contributed by atoms with E-state index in [1.165, 1.54) is 18.4 Å². The molecule has 0 aliphatic heterocycles. The highest BCUT2D eigenvalue weighted by molar-refractivity contribution is 5.94. The van der Waals surface area contributed by atoms with E-state index >= 15 is 0 Å². The Morgan fingerprint density at radius 3 is 2.47 bits per heavy atom. The van der Waals surface area contributed by atoms with E-state index in [4.69, 9.17) is 5.73 Å². The predicted molar refractivity (Wildman–Crippen MR) is 78.1 cm³/mol. The molecule has 0 heterocycles. The van der Waals surface area contributed by atoms with Crippen molar-refractivity contribution in [1.82, 2.24) is 5.32 Å². The first kappa shape index (κ1) is 14.1. The van der Waals surface area contributed by atoms with Gasteiger partial charge in [-0.25, -0.2) is 0 Å². The fourth-order valence-corrected chi connectivity index (χ4v) is 2.48. The van der Waals surface area contributed by atoms with E-state index in [2.05, 4.69) is 12.2 Å². The molecule has 1 aromatic carbocycles. The summed E-state index contributed by atoms with van der Waals surface area (Å²) >= 11 is 0. The highest BCUT2D eigenvalue weighted by atomic mass is 16.1. The summed E-state index contributed by atoms with van der Waals surface area (Å²) in [5.41, 5.74) is 7.58. The van der Waals surface area contributed by atoms with Crippen LogP contribution in [-0.4, -0.2) is 18.0 Å². The molecule has 0 aromatic heterocycles. The number of nitrogens with one attached hydrogen (secondary N) is 1. The van der Waals surface area contributed by atoms with Crippen LogP contribution < -0.4 is 11.1 Å². The molecule has 1 amide bonds. The monoisotopic (exact) mass is 260 g/mol. The zero-order chi connectivity index (χ0) is 13.9. The smallest absolute Gasteiger partial charge is 0.251 e. The number of hydrogen-bond acceptors (Lipinski definition) is 2. The molecule has 3 heteroatoms. The van der Waals surface area contributed by atoms with Crippen LogP contribution >= 0.6 is 0 Å². The van der Waals surface area contributed by atoms with Gasteiger partial charge in [0.25, 0.3) is 5.91 Å². The van der Waals surface area contributed by atoms with Crippen molar-refractivity contribution in [3.05, 3.63) is 35.4 Å². The van der Waals surface area contributed by atoms with Gasteiger partial charge in [0.2, 0.25) is 0 Å². The maximum Gasteiger partial charge on any atom is 0.251 e. The van der Waals surface area contributed by atoms with E-state index in [-0.39, 0.29) is 11.4 Å². The Kier molecular flexibility index (Phi) is 4.25. The van der Waals surface area contributed by atoms with Crippen LogP contribution in [0, 0.1) is 5.92 Å². The molecule has 0 saturated heterocycles. The predicted octanol–water partition coefficient (Wildman–Crippen LogP) is 2.50. The maximum absolute atomic E-state index is 12.3. The number of carbonyl (C=O) groups is 1. The van der Waals surface area contributed by atoms with Crippen LogP contribution in [0.2, 0.25) is 0 Å². The van der Waals surface area contributed by atoms with Crippen molar-refractivity contribution in [1.29, 1.82) is 0 Å². The SMILES string of the molecule is CCCc1ccc(C(=O)NC(C)(CN)C2CC2)cc1. The molecule has 0 bridgehead atoms. The Bertz CT molecular complexity index is 437. The number of benzene rings is 1.